The summed E-state index contributed by atoms with van der Waals surface area (Å²) in [5.41, 5.74) is 0. The molecule has 0 bridgehead atoms. The van der Waals surface area contributed by atoms with Gasteiger partial charge in [0.1, 0.15) is 18.5 Å². The zero-order valence-electron chi connectivity index (χ0n) is 18.4. The average Bonchev–Trinajstić information content (AvgIpc) is 2.62. The van der Waals surface area contributed by atoms with Crippen LogP contribution in [0.2, 0.25) is 0 Å². The Bertz CT molecular complexity index is 660. The summed E-state index contributed by atoms with van der Waals surface area (Å²) in [7, 11) is 0. The van der Waals surface area contributed by atoms with E-state index in [1.165, 1.54) is 13.8 Å². The number of carbonyl (C=O) groups is 5. The van der Waals surface area contributed by atoms with Gasteiger partial charge in [-0.25, -0.2) is 0 Å². The van der Waals surface area contributed by atoms with Crippen molar-refractivity contribution >= 4 is 29.7 Å². The molecule has 0 amide bonds. The number of esters is 4. The third-order valence-electron chi connectivity index (χ3n) is 4.15. The summed E-state index contributed by atoms with van der Waals surface area (Å²) in [6, 6.07) is 0. The molecule has 5 atom stereocenters. The number of rotatable bonds is 11. The second-order valence-corrected chi connectivity index (χ2v) is 7.10. The lowest BCUT2D eigenvalue weighted by molar-refractivity contribution is -0.308. The van der Waals surface area contributed by atoms with E-state index in [9.17, 15) is 24.0 Å². The lowest BCUT2D eigenvalue weighted by Crippen LogP contribution is -2.63. The Kier molecular flexibility index (Phi) is 11.1. The standard InChI is InChI=1S/C20H30O11/c1-11(21)8-6-7-9-26-20-19(30-15(5)25)18(29-14(4)24)17(28-13(3)23)16(31-20)10-27-12(2)22/h16-20H,6-10H2,1-5H3/t16?,17-,18+,19?,20-/m1/s1. The largest absolute Gasteiger partial charge is 0.463 e. The first-order chi connectivity index (χ1) is 14.5. The van der Waals surface area contributed by atoms with Gasteiger partial charge in [0.2, 0.25) is 0 Å². The number of Topliss-reactive ketones (excluding diaryl/α,β-unsaturated/α-hetero) is 1. The SMILES string of the molecule is CC(=O)CCCCO[C@@H]1OC(COC(C)=O)[C@@H](OC(C)=O)[C@H](OC(C)=O)C1OC(C)=O. The summed E-state index contributed by atoms with van der Waals surface area (Å²) in [6.07, 6.45) is -4.48. The summed E-state index contributed by atoms with van der Waals surface area (Å²) < 4.78 is 32.3. The molecule has 2 unspecified atom stereocenters. The summed E-state index contributed by atoms with van der Waals surface area (Å²) in [4.78, 5) is 57.4. The molecule has 0 saturated carbocycles. The fourth-order valence-corrected chi connectivity index (χ4v) is 3.00. The molecule has 11 nitrogen and oxygen atoms in total. The predicted molar refractivity (Wildman–Crippen MR) is 102 cm³/mol. The molecule has 1 aliphatic rings. The van der Waals surface area contributed by atoms with Crippen LogP contribution in [-0.4, -0.2) is 73.6 Å². The number of hydrogen-bond acceptors (Lipinski definition) is 11. The van der Waals surface area contributed by atoms with Crippen LogP contribution < -0.4 is 0 Å². The Hall–Kier alpha value is -2.53. The van der Waals surface area contributed by atoms with Gasteiger partial charge in [0.05, 0.1) is 0 Å². The molecule has 0 aromatic carbocycles. The molecule has 1 heterocycles. The summed E-state index contributed by atoms with van der Waals surface area (Å²) in [5, 5.41) is 0. The van der Waals surface area contributed by atoms with Crippen LogP contribution in [-0.2, 0) is 52.4 Å². The van der Waals surface area contributed by atoms with Crippen molar-refractivity contribution in [3.05, 3.63) is 0 Å². The van der Waals surface area contributed by atoms with Gasteiger partial charge in [0, 0.05) is 40.7 Å². The molecule has 1 fully saturated rings. The predicted octanol–water partition coefficient (Wildman–Crippen LogP) is 0.845. The van der Waals surface area contributed by atoms with Gasteiger partial charge in [-0.1, -0.05) is 0 Å². The van der Waals surface area contributed by atoms with E-state index in [0.29, 0.717) is 19.3 Å². The molecular weight excluding hydrogens is 416 g/mol. The van der Waals surface area contributed by atoms with Crippen LogP contribution in [0.3, 0.4) is 0 Å². The van der Waals surface area contributed by atoms with E-state index in [4.69, 9.17) is 28.4 Å². The van der Waals surface area contributed by atoms with Crippen LogP contribution in [0, 0.1) is 0 Å². The van der Waals surface area contributed by atoms with E-state index in [-0.39, 0.29) is 19.0 Å². The highest BCUT2D eigenvalue weighted by atomic mass is 16.7. The van der Waals surface area contributed by atoms with Crippen molar-refractivity contribution in [1.82, 2.24) is 0 Å². The van der Waals surface area contributed by atoms with Crippen LogP contribution in [0.25, 0.3) is 0 Å². The van der Waals surface area contributed by atoms with Gasteiger partial charge in [-0.15, -0.1) is 0 Å². The molecule has 0 aromatic heterocycles. The molecule has 1 saturated heterocycles. The number of unbranched alkanes of at least 4 members (excludes halogenated alkanes) is 1. The summed E-state index contributed by atoms with van der Waals surface area (Å²) in [5.74, 6) is -2.67. The fraction of sp³-hybridized carbons (Fsp3) is 0.750. The van der Waals surface area contributed by atoms with Crippen LogP contribution in [0.15, 0.2) is 0 Å². The first-order valence-electron chi connectivity index (χ1n) is 9.92. The van der Waals surface area contributed by atoms with Crippen LogP contribution in [0.5, 0.6) is 0 Å². The molecule has 31 heavy (non-hydrogen) atoms. The third kappa shape index (κ3) is 9.88. The van der Waals surface area contributed by atoms with Crippen LogP contribution >= 0.6 is 0 Å². The van der Waals surface area contributed by atoms with Crippen molar-refractivity contribution < 1.29 is 52.4 Å². The maximum atomic E-state index is 11.7. The van der Waals surface area contributed by atoms with E-state index >= 15 is 0 Å². The molecule has 0 aliphatic carbocycles. The molecule has 1 aliphatic heterocycles. The summed E-state index contributed by atoms with van der Waals surface area (Å²) >= 11 is 0. The topological polar surface area (TPSA) is 141 Å². The van der Waals surface area contributed by atoms with Crippen molar-refractivity contribution in [2.75, 3.05) is 13.2 Å². The van der Waals surface area contributed by atoms with E-state index in [1.54, 1.807) is 0 Å². The molecule has 1 rings (SSSR count). The van der Waals surface area contributed by atoms with Gasteiger partial charge in [-0.05, 0) is 19.8 Å². The van der Waals surface area contributed by atoms with Crippen molar-refractivity contribution in [3.63, 3.8) is 0 Å². The molecular formula is C20H30O11. The summed E-state index contributed by atoms with van der Waals surface area (Å²) in [6.45, 7) is 5.96. The Morgan fingerprint density at radius 1 is 0.710 bits per heavy atom. The maximum Gasteiger partial charge on any atom is 0.303 e. The smallest absolute Gasteiger partial charge is 0.303 e. The number of ether oxygens (including phenoxy) is 6. The second kappa shape index (κ2) is 13.0. The van der Waals surface area contributed by atoms with E-state index in [1.807, 2.05) is 0 Å². The van der Waals surface area contributed by atoms with Crippen LogP contribution in [0.1, 0.15) is 53.9 Å². The van der Waals surface area contributed by atoms with Crippen molar-refractivity contribution in [3.8, 4) is 0 Å². The van der Waals surface area contributed by atoms with Crippen molar-refractivity contribution in [2.45, 2.75) is 84.6 Å². The number of ketones is 1. The Morgan fingerprint density at radius 2 is 1.26 bits per heavy atom. The normalized spacial score (nSPS) is 25.3. The third-order valence-corrected chi connectivity index (χ3v) is 4.15. The number of hydrogen-bond donors (Lipinski definition) is 0. The molecule has 11 heteroatoms. The van der Waals surface area contributed by atoms with Crippen molar-refractivity contribution in [1.29, 1.82) is 0 Å². The highest BCUT2D eigenvalue weighted by molar-refractivity contribution is 5.75. The van der Waals surface area contributed by atoms with E-state index in [0.717, 1.165) is 20.8 Å². The maximum absolute atomic E-state index is 11.7. The average molecular weight is 446 g/mol. The molecule has 0 radical (unpaired) electrons. The Morgan fingerprint density at radius 3 is 1.77 bits per heavy atom. The van der Waals surface area contributed by atoms with Gasteiger partial charge in [0.25, 0.3) is 0 Å². The minimum absolute atomic E-state index is 0.0484. The second-order valence-electron chi connectivity index (χ2n) is 7.10. The highest BCUT2D eigenvalue weighted by Gasteiger charge is 2.52. The molecule has 176 valence electrons. The quantitative estimate of drug-likeness (QED) is 0.253. The lowest BCUT2D eigenvalue weighted by atomic mass is 9.98. The first-order valence-corrected chi connectivity index (χ1v) is 9.92. The van der Waals surface area contributed by atoms with Crippen LogP contribution in [0.4, 0.5) is 0 Å². The first kappa shape index (κ1) is 26.5. The van der Waals surface area contributed by atoms with Gasteiger partial charge in [0.15, 0.2) is 24.6 Å². The number of carbonyl (C=O) groups excluding carboxylic acids is 5. The van der Waals surface area contributed by atoms with E-state index in [2.05, 4.69) is 0 Å². The molecule has 0 N–H and O–H groups in total. The monoisotopic (exact) mass is 446 g/mol. The molecule has 0 aromatic rings. The highest BCUT2D eigenvalue weighted by Crippen LogP contribution is 2.30. The molecule has 0 spiro atoms. The van der Waals surface area contributed by atoms with E-state index < -0.39 is 54.6 Å². The van der Waals surface area contributed by atoms with Gasteiger partial charge >= 0.3 is 23.9 Å². The van der Waals surface area contributed by atoms with Gasteiger partial charge in [-0.3, -0.25) is 19.2 Å². The minimum atomic E-state index is -1.26. The van der Waals surface area contributed by atoms with Gasteiger partial charge in [-0.2, -0.15) is 0 Å². The van der Waals surface area contributed by atoms with Gasteiger partial charge < -0.3 is 33.2 Å². The zero-order valence-corrected chi connectivity index (χ0v) is 18.4. The fourth-order valence-electron chi connectivity index (χ4n) is 3.00. The minimum Gasteiger partial charge on any atom is -0.463 e. The Balaban J connectivity index is 3.11. The Labute approximate surface area is 180 Å². The van der Waals surface area contributed by atoms with Crippen molar-refractivity contribution in [2.24, 2.45) is 0 Å². The lowest BCUT2D eigenvalue weighted by Gasteiger charge is -2.44. The zero-order chi connectivity index (χ0) is 23.6.